The van der Waals surface area contributed by atoms with Gasteiger partial charge in [0.05, 0.1) is 0 Å². The molecule has 2 nitrogen and oxygen atoms in total. The fraction of sp³-hybridized carbons (Fsp3) is 0.500. The molecule has 2 heteroatoms. The largest absolute Gasteiger partial charge is 0.355 e. The molecule has 1 amide bonds. The van der Waals surface area contributed by atoms with E-state index in [2.05, 4.69) is 30.4 Å². The second-order valence-corrected chi connectivity index (χ2v) is 5.19. The van der Waals surface area contributed by atoms with Crippen molar-refractivity contribution in [3.8, 4) is 0 Å². The lowest BCUT2D eigenvalue weighted by Crippen LogP contribution is -2.33. The van der Waals surface area contributed by atoms with E-state index in [4.69, 9.17) is 0 Å². The lowest BCUT2D eigenvalue weighted by molar-refractivity contribution is -0.119. The Balaban J connectivity index is 2.13. The van der Waals surface area contributed by atoms with Crippen LogP contribution in [0.4, 0.5) is 0 Å². The third kappa shape index (κ3) is 1.29. The van der Waals surface area contributed by atoms with Gasteiger partial charge in [-0.1, -0.05) is 18.2 Å². The van der Waals surface area contributed by atoms with Crippen LogP contribution in [0, 0.1) is 6.92 Å². The predicted octanol–water partition coefficient (Wildman–Crippen LogP) is 2.09. The van der Waals surface area contributed by atoms with Crippen LogP contribution in [0.15, 0.2) is 18.2 Å². The molecule has 1 saturated heterocycles. The average molecular weight is 215 g/mol. The first-order chi connectivity index (χ1) is 7.71. The Morgan fingerprint density at radius 1 is 1.38 bits per heavy atom. The molecule has 3 rings (SSSR count). The molecule has 0 saturated carbocycles. The third-order valence-electron chi connectivity index (χ3n) is 4.19. The van der Waals surface area contributed by atoms with E-state index in [1.54, 1.807) is 0 Å². The Morgan fingerprint density at radius 3 is 3.00 bits per heavy atom. The van der Waals surface area contributed by atoms with Gasteiger partial charge in [0, 0.05) is 18.4 Å². The minimum atomic E-state index is 0.108. The van der Waals surface area contributed by atoms with Gasteiger partial charge in [-0.25, -0.2) is 0 Å². The second-order valence-electron chi connectivity index (χ2n) is 5.19. The molecular weight excluding hydrogens is 198 g/mol. The number of fused-ring (bicyclic) bond motifs is 2. The van der Waals surface area contributed by atoms with Crippen molar-refractivity contribution in [1.82, 2.24) is 5.32 Å². The molecule has 16 heavy (non-hydrogen) atoms. The smallest absolute Gasteiger partial charge is 0.220 e. The van der Waals surface area contributed by atoms with E-state index in [9.17, 15) is 4.79 Å². The van der Waals surface area contributed by atoms with Crippen molar-refractivity contribution in [2.75, 3.05) is 6.54 Å². The van der Waals surface area contributed by atoms with Gasteiger partial charge in [0.2, 0.25) is 5.91 Å². The second kappa shape index (κ2) is 3.34. The van der Waals surface area contributed by atoms with E-state index < -0.39 is 0 Å². The summed E-state index contributed by atoms with van der Waals surface area (Å²) in [5, 5.41) is 3.00. The molecule has 1 aliphatic carbocycles. The van der Waals surface area contributed by atoms with Crippen molar-refractivity contribution in [2.24, 2.45) is 0 Å². The SMILES string of the molecule is Cc1cccc2c1CCCC21CNC(=O)C1. The van der Waals surface area contributed by atoms with E-state index in [0.717, 1.165) is 13.0 Å². The van der Waals surface area contributed by atoms with Crippen LogP contribution in [0.1, 0.15) is 36.0 Å². The molecule has 1 aliphatic heterocycles. The van der Waals surface area contributed by atoms with Gasteiger partial charge in [-0.05, 0) is 42.9 Å². The number of hydrogen-bond donors (Lipinski definition) is 1. The van der Waals surface area contributed by atoms with Gasteiger partial charge in [-0.2, -0.15) is 0 Å². The maximum absolute atomic E-state index is 11.5. The number of benzene rings is 1. The van der Waals surface area contributed by atoms with Gasteiger partial charge in [0.15, 0.2) is 0 Å². The number of hydrogen-bond acceptors (Lipinski definition) is 1. The van der Waals surface area contributed by atoms with Crippen LogP contribution in [0.5, 0.6) is 0 Å². The van der Waals surface area contributed by atoms with Gasteiger partial charge in [0.25, 0.3) is 0 Å². The minimum absolute atomic E-state index is 0.108. The summed E-state index contributed by atoms with van der Waals surface area (Å²) in [6.07, 6.45) is 4.23. The molecule has 84 valence electrons. The molecule has 1 heterocycles. The number of carbonyl (C=O) groups excluding carboxylic acids is 1. The van der Waals surface area contributed by atoms with Crippen LogP contribution in [-0.2, 0) is 16.6 Å². The molecule has 0 aromatic heterocycles. The lowest BCUT2D eigenvalue weighted by atomic mass is 9.68. The summed E-state index contributed by atoms with van der Waals surface area (Å²) < 4.78 is 0. The summed E-state index contributed by atoms with van der Waals surface area (Å²) in [5.74, 6) is 0.217. The topological polar surface area (TPSA) is 29.1 Å². The first kappa shape index (κ1) is 9.88. The Labute approximate surface area is 96.1 Å². The van der Waals surface area contributed by atoms with Crippen LogP contribution >= 0.6 is 0 Å². The van der Waals surface area contributed by atoms with Crippen molar-refractivity contribution in [1.29, 1.82) is 0 Å². The highest BCUT2D eigenvalue weighted by atomic mass is 16.1. The first-order valence-electron chi connectivity index (χ1n) is 6.07. The maximum Gasteiger partial charge on any atom is 0.220 e. The third-order valence-corrected chi connectivity index (χ3v) is 4.19. The van der Waals surface area contributed by atoms with Gasteiger partial charge < -0.3 is 5.32 Å². The molecule has 1 N–H and O–H groups in total. The Hall–Kier alpha value is -1.31. The summed E-state index contributed by atoms with van der Waals surface area (Å²) in [6.45, 7) is 3.02. The fourth-order valence-electron chi connectivity index (χ4n) is 3.34. The zero-order chi connectivity index (χ0) is 11.2. The van der Waals surface area contributed by atoms with Crippen molar-refractivity contribution < 1.29 is 4.79 Å². The van der Waals surface area contributed by atoms with Gasteiger partial charge >= 0.3 is 0 Å². The molecule has 1 unspecified atom stereocenters. The van der Waals surface area contributed by atoms with E-state index in [0.29, 0.717) is 6.42 Å². The Morgan fingerprint density at radius 2 is 2.25 bits per heavy atom. The molecule has 1 atom stereocenters. The summed E-state index contributed by atoms with van der Waals surface area (Å²) >= 11 is 0. The number of amides is 1. The monoisotopic (exact) mass is 215 g/mol. The van der Waals surface area contributed by atoms with Gasteiger partial charge in [-0.3, -0.25) is 4.79 Å². The van der Waals surface area contributed by atoms with Gasteiger partial charge in [-0.15, -0.1) is 0 Å². The maximum atomic E-state index is 11.5. The first-order valence-corrected chi connectivity index (χ1v) is 6.07. The molecular formula is C14H17NO. The van der Waals surface area contributed by atoms with Gasteiger partial charge in [0.1, 0.15) is 0 Å². The number of rotatable bonds is 0. The number of aryl methyl sites for hydroxylation is 1. The number of carbonyl (C=O) groups is 1. The number of nitrogens with one attached hydrogen (secondary N) is 1. The lowest BCUT2D eigenvalue weighted by Gasteiger charge is -2.35. The zero-order valence-corrected chi connectivity index (χ0v) is 9.68. The van der Waals surface area contributed by atoms with Crippen LogP contribution in [0.25, 0.3) is 0 Å². The fourth-order valence-corrected chi connectivity index (χ4v) is 3.34. The summed E-state index contributed by atoms with van der Waals surface area (Å²) in [5.41, 5.74) is 4.41. The molecule has 1 aromatic carbocycles. The highest BCUT2D eigenvalue weighted by Gasteiger charge is 2.42. The molecule has 1 aromatic rings. The van der Waals surface area contributed by atoms with E-state index in [-0.39, 0.29) is 11.3 Å². The molecule has 1 spiro atoms. The van der Waals surface area contributed by atoms with Crippen molar-refractivity contribution >= 4 is 5.91 Å². The normalized spacial score (nSPS) is 27.9. The molecule has 1 fully saturated rings. The highest BCUT2D eigenvalue weighted by Crippen LogP contribution is 2.42. The van der Waals surface area contributed by atoms with E-state index in [1.807, 2.05) is 0 Å². The Kier molecular flexibility index (Phi) is 2.06. The van der Waals surface area contributed by atoms with E-state index >= 15 is 0 Å². The Bertz CT molecular complexity index is 452. The van der Waals surface area contributed by atoms with E-state index in [1.165, 1.54) is 29.5 Å². The molecule has 2 aliphatic rings. The average Bonchev–Trinajstić information content (AvgIpc) is 2.63. The predicted molar refractivity (Wildman–Crippen MR) is 63.4 cm³/mol. The van der Waals surface area contributed by atoms with Crippen LogP contribution in [0.2, 0.25) is 0 Å². The minimum Gasteiger partial charge on any atom is -0.355 e. The standard InChI is InChI=1S/C14H17NO/c1-10-4-2-6-12-11(10)5-3-7-14(12)8-13(16)15-9-14/h2,4,6H,3,5,7-9H2,1H3,(H,15,16). The van der Waals surface area contributed by atoms with Crippen molar-refractivity contribution in [2.45, 2.75) is 38.0 Å². The van der Waals surface area contributed by atoms with Crippen molar-refractivity contribution in [3.63, 3.8) is 0 Å². The van der Waals surface area contributed by atoms with Crippen LogP contribution < -0.4 is 5.32 Å². The van der Waals surface area contributed by atoms with Crippen LogP contribution in [0.3, 0.4) is 0 Å². The van der Waals surface area contributed by atoms with Crippen molar-refractivity contribution in [3.05, 3.63) is 34.9 Å². The summed E-state index contributed by atoms with van der Waals surface area (Å²) in [6, 6.07) is 6.54. The molecule has 0 radical (unpaired) electrons. The highest BCUT2D eigenvalue weighted by molar-refractivity contribution is 5.81. The zero-order valence-electron chi connectivity index (χ0n) is 9.68. The summed E-state index contributed by atoms with van der Waals surface area (Å²) in [4.78, 5) is 11.5. The quantitative estimate of drug-likeness (QED) is 0.705. The summed E-state index contributed by atoms with van der Waals surface area (Å²) in [7, 11) is 0. The van der Waals surface area contributed by atoms with Crippen LogP contribution in [-0.4, -0.2) is 12.5 Å². The molecule has 0 bridgehead atoms.